The second kappa shape index (κ2) is 9.41. The van der Waals surface area contributed by atoms with Crippen molar-refractivity contribution in [3.63, 3.8) is 0 Å². The normalized spacial score (nSPS) is 14.1. The first-order valence-electron chi connectivity index (χ1n) is 10.9. The Kier molecular flexibility index (Phi) is 6.68. The van der Waals surface area contributed by atoms with E-state index in [0.29, 0.717) is 22.6 Å². The van der Waals surface area contributed by atoms with E-state index in [1.54, 1.807) is 24.3 Å². The molecule has 1 aromatic carbocycles. The number of aromatic amines is 1. The van der Waals surface area contributed by atoms with E-state index >= 15 is 0 Å². The van der Waals surface area contributed by atoms with Crippen molar-refractivity contribution >= 4 is 17.4 Å². The molecule has 184 valence electrons. The number of nitrogens with zero attached hydrogens (tertiary/aromatic N) is 3. The van der Waals surface area contributed by atoms with Crippen LogP contribution in [0.2, 0.25) is 5.02 Å². The number of benzene rings is 1. The lowest BCUT2D eigenvalue weighted by atomic mass is 9.84. The molecule has 35 heavy (non-hydrogen) atoms. The largest absolute Gasteiger partial charge is 0.474 e. The van der Waals surface area contributed by atoms with Crippen LogP contribution in [0.25, 0.3) is 22.8 Å². The molecule has 0 saturated heterocycles. The summed E-state index contributed by atoms with van der Waals surface area (Å²) in [4.78, 5) is 39.5. The molecule has 1 fully saturated rings. The molecule has 0 unspecified atom stereocenters. The molecule has 1 saturated carbocycles. The van der Waals surface area contributed by atoms with Crippen LogP contribution in [0.3, 0.4) is 0 Å². The lowest BCUT2D eigenvalue weighted by molar-refractivity contribution is -0.210. The summed E-state index contributed by atoms with van der Waals surface area (Å²) in [6.07, 6.45) is -1.18. The number of alkyl halides is 3. The minimum absolute atomic E-state index is 0.0665. The number of ether oxygens (including phenoxy) is 1. The molecule has 1 N–H and O–H groups in total. The van der Waals surface area contributed by atoms with Gasteiger partial charge in [-0.15, -0.1) is 0 Å². The first-order chi connectivity index (χ1) is 16.4. The highest BCUT2D eigenvalue weighted by Crippen LogP contribution is 2.39. The average Bonchev–Trinajstić information content (AvgIpc) is 3.61. The molecule has 3 aromatic rings. The second-order valence-electron chi connectivity index (χ2n) is 8.89. The molecule has 4 rings (SSSR count). The van der Waals surface area contributed by atoms with Gasteiger partial charge in [0.25, 0.3) is 0 Å². The highest BCUT2D eigenvalue weighted by atomic mass is 35.5. The summed E-state index contributed by atoms with van der Waals surface area (Å²) in [7, 11) is 0. The first-order valence-corrected chi connectivity index (χ1v) is 11.3. The molecule has 0 radical (unpaired) electrons. The van der Waals surface area contributed by atoms with Crippen LogP contribution < -0.4 is 10.4 Å². The fraction of sp³-hybridized carbons (Fsp3) is 0.375. The summed E-state index contributed by atoms with van der Waals surface area (Å²) in [5.41, 5.74) is -1.68. The minimum Gasteiger partial charge on any atom is -0.474 e. The van der Waals surface area contributed by atoms with Crippen LogP contribution in [0, 0.1) is 5.41 Å². The van der Waals surface area contributed by atoms with Crippen LogP contribution >= 0.6 is 11.6 Å². The van der Waals surface area contributed by atoms with E-state index in [0.717, 1.165) is 26.7 Å². The number of aryl methyl sites for hydroxylation is 1. The summed E-state index contributed by atoms with van der Waals surface area (Å²) >= 11 is 6.32. The number of H-pyrrole nitrogens is 1. The molecule has 2 heterocycles. The number of hydrogen-bond acceptors (Lipinski definition) is 6. The summed E-state index contributed by atoms with van der Waals surface area (Å²) in [5, 5.41) is 0.266. The van der Waals surface area contributed by atoms with E-state index in [1.165, 1.54) is 12.3 Å². The summed E-state index contributed by atoms with van der Waals surface area (Å²) in [6.45, 7) is 1.74. The Bertz CT molecular complexity index is 1300. The Labute approximate surface area is 203 Å². The lowest BCUT2D eigenvalue weighted by Gasteiger charge is -2.26. The summed E-state index contributed by atoms with van der Waals surface area (Å²) in [5.74, 6) is -0.189. The van der Waals surface area contributed by atoms with Crippen molar-refractivity contribution in [3.8, 4) is 28.7 Å². The SMILES string of the molecule is CC(C)(C(=O)CCc1ccc(Cl)c(-c2nc(-c3ccc(OC4CC4)nc3)nc(=O)[nH]2)c1)C(F)(F)F. The summed E-state index contributed by atoms with van der Waals surface area (Å²) < 4.78 is 45.1. The second-order valence-corrected chi connectivity index (χ2v) is 9.30. The van der Waals surface area contributed by atoms with E-state index in [1.807, 2.05) is 0 Å². The number of Topliss-reactive ketones (excluding diaryl/α,β-unsaturated/α-hetero) is 1. The number of hydrogen-bond donors (Lipinski definition) is 1. The topological polar surface area (TPSA) is 97.8 Å². The number of carbonyl (C=O) groups excluding carboxylic acids is 1. The number of aromatic nitrogens is 4. The molecule has 0 aliphatic heterocycles. The fourth-order valence-electron chi connectivity index (χ4n) is 3.22. The third-order valence-electron chi connectivity index (χ3n) is 5.79. The monoisotopic (exact) mass is 506 g/mol. The lowest BCUT2D eigenvalue weighted by Crippen LogP contribution is -2.39. The van der Waals surface area contributed by atoms with Gasteiger partial charge in [-0.05, 0) is 56.9 Å². The van der Waals surface area contributed by atoms with Gasteiger partial charge < -0.3 is 4.74 Å². The molecule has 0 spiro atoms. The van der Waals surface area contributed by atoms with Gasteiger partial charge in [-0.1, -0.05) is 17.7 Å². The van der Waals surface area contributed by atoms with Gasteiger partial charge in [0.05, 0.1) is 5.02 Å². The molecule has 11 heteroatoms. The van der Waals surface area contributed by atoms with Crippen molar-refractivity contribution in [3.05, 3.63) is 57.6 Å². The van der Waals surface area contributed by atoms with Crippen LogP contribution in [0.15, 0.2) is 41.3 Å². The maximum atomic E-state index is 13.1. The van der Waals surface area contributed by atoms with Crippen molar-refractivity contribution in [2.24, 2.45) is 5.41 Å². The third-order valence-corrected chi connectivity index (χ3v) is 6.12. The van der Waals surface area contributed by atoms with Crippen molar-refractivity contribution in [2.75, 3.05) is 0 Å². The maximum Gasteiger partial charge on any atom is 0.400 e. The van der Waals surface area contributed by atoms with E-state index in [9.17, 15) is 22.8 Å². The molecule has 0 amide bonds. The first kappa shape index (κ1) is 24.8. The van der Waals surface area contributed by atoms with Crippen molar-refractivity contribution in [1.29, 1.82) is 0 Å². The quantitative estimate of drug-likeness (QED) is 0.452. The van der Waals surface area contributed by atoms with Gasteiger partial charge in [0.2, 0.25) is 5.88 Å². The van der Waals surface area contributed by atoms with Crippen LogP contribution in [0.4, 0.5) is 13.2 Å². The minimum atomic E-state index is -4.64. The van der Waals surface area contributed by atoms with Gasteiger partial charge in [-0.2, -0.15) is 18.2 Å². The van der Waals surface area contributed by atoms with Gasteiger partial charge in [0, 0.05) is 29.8 Å². The van der Waals surface area contributed by atoms with Gasteiger partial charge >= 0.3 is 11.9 Å². The van der Waals surface area contributed by atoms with E-state index in [4.69, 9.17) is 16.3 Å². The predicted octanol–water partition coefficient (Wildman–Crippen LogP) is 5.18. The highest BCUT2D eigenvalue weighted by Gasteiger charge is 2.51. The van der Waals surface area contributed by atoms with Gasteiger partial charge in [-0.3, -0.25) is 9.78 Å². The number of nitrogens with one attached hydrogen (secondary N) is 1. The van der Waals surface area contributed by atoms with Crippen LogP contribution in [0.5, 0.6) is 5.88 Å². The van der Waals surface area contributed by atoms with E-state index < -0.39 is 23.1 Å². The third kappa shape index (κ3) is 5.70. The highest BCUT2D eigenvalue weighted by molar-refractivity contribution is 6.33. The van der Waals surface area contributed by atoms with Crippen LogP contribution in [-0.4, -0.2) is 38.0 Å². The number of rotatable bonds is 8. The Morgan fingerprint density at radius 2 is 1.91 bits per heavy atom. The molecule has 7 nitrogen and oxygen atoms in total. The Morgan fingerprint density at radius 3 is 2.54 bits per heavy atom. The summed E-state index contributed by atoms with van der Waals surface area (Å²) in [6, 6.07) is 8.10. The van der Waals surface area contributed by atoms with Crippen molar-refractivity contribution < 1.29 is 22.7 Å². The number of pyridine rings is 1. The van der Waals surface area contributed by atoms with Crippen molar-refractivity contribution in [1.82, 2.24) is 19.9 Å². The average molecular weight is 507 g/mol. The van der Waals surface area contributed by atoms with Gasteiger partial charge in [-0.25, -0.2) is 14.8 Å². The Morgan fingerprint density at radius 1 is 1.17 bits per heavy atom. The van der Waals surface area contributed by atoms with Crippen LogP contribution in [-0.2, 0) is 11.2 Å². The fourth-order valence-corrected chi connectivity index (χ4v) is 3.42. The standard InChI is InChI=1S/C24H22ClF3N4O3/c1-23(2,24(26,27)28)18(33)9-4-13-3-8-17(25)16(11-13)21-30-20(31-22(34)32-21)14-5-10-19(29-12-14)35-15-6-7-15/h3,5,8,10-12,15H,4,6-7,9H2,1-2H3,(H,30,31,32,34). The van der Waals surface area contributed by atoms with E-state index in [-0.39, 0.29) is 35.6 Å². The number of ketones is 1. The smallest absolute Gasteiger partial charge is 0.400 e. The molecular formula is C24H22ClF3N4O3. The number of halogens is 4. The molecule has 0 atom stereocenters. The van der Waals surface area contributed by atoms with Gasteiger partial charge in [0.1, 0.15) is 23.1 Å². The molecule has 2 aromatic heterocycles. The van der Waals surface area contributed by atoms with Crippen LogP contribution in [0.1, 0.15) is 38.7 Å². The Balaban J connectivity index is 1.57. The predicted molar refractivity (Wildman–Crippen MR) is 123 cm³/mol. The number of carbonyl (C=O) groups is 1. The van der Waals surface area contributed by atoms with Gasteiger partial charge in [0.15, 0.2) is 5.82 Å². The molecule has 0 bridgehead atoms. The molecular weight excluding hydrogens is 485 g/mol. The zero-order valence-corrected chi connectivity index (χ0v) is 19.7. The molecule has 1 aliphatic carbocycles. The zero-order valence-electron chi connectivity index (χ0n) is 18.9. The zero-order chi connectivity index (χ0) is 25.4. The molecule has 1 aliphatic rings. The van der Waals surface area contributed by atoms with E-state index in [2.05, 4.69) is 19.9 Å². The Hall–Kier alpha value is -3.27. The van der Waals surface area contributed by atoms with Crippen molar-refractivity contribution in [2.45, 2.75) is 51.8 Å². The maximum absolute atomic E-state index is 13.1.